The van der Waals surface area contributed by atoms with Crippen molar-refractivity contribution in [2.45, 2.75) is 39.5 Å². The number of nitrogens with zero attached hydrogens (tertiary/aromatic N) is 2. The van der Waals surface area contributed by atoms with Crippen molar-refractivity contribution in [3.8, 4) is 0 Å². The van der Waals surface area contributed by atoms with Crippen molar-refractivity contribution < 1.29 is 19.2 Å². The van der Waals surface area contributed by atoms with Crippen molar-refractivity contribution >= 4 is 11.9 Å². The maximum Gasteiger partial charge on any atom is 0.303 e. The van der Waals surface area contributed by atoms with Crippen molar-refractivity contribution in [1.29, 1.82) is 0 Å². The maximum absolute atomic E-state index is 11.5. The molecule has 0 aromatic carbocycles. The molecule has 0 saturated heterocycles. The Kier molecular flexibility index (Phi) is 5.98. The van der Waals surface area contributed by atoms with E-state index in [9.17, 15) is 9.59 Å². The van der Waals surface area contributed by atoms with E-state index in [0.29, 0.717) is 37.5 Å². The average Bonchev–Trinajstić information content (AvgIpc) is 2.71. The van der Waals surface area contributed by atoms with Gasteiger partial charge in [0.1, 0.15) is 0 Å². The molecule has 0 saturated carbocycles. The Balaban J connectivity index is 2.12. The van der Waals surface area contributed by atoms with Gasteiger partial charge >= 0.3 is 5.97 Å². The van der Waals surface area contributed by atoms with Crippen LogP contribution in [0.25, 0.3) is 0 Å². The molecule has 7 nitrogen and oxygen atoms in total. The molecule has 106 valence electrons. The maximum atomic E-state index is 11.5. The van der Waals surface area contributed by atoms with Crippen LogP contribution in [0.5, 0.6) is 0 Å². The fourth-order valence-corrected chi connectivity index (χ4v) is 1.59. The van der Waals surface area contributed by atoms with E-state index >= 15 is 0 Å². The summed E-state index contributed by atoms with van der Waals surface area (Å²) < 4.78 is 4.93. The van der Waals surface area contributed by atoms with Gasteiger partial charge in [-0.1, -0.05) is 12.1 Å². The van der Waals surface area contributed by atoms with Crippen LogP contribution in [-0.2, 0) is 16.0 Å². The molecule has 1 unspecified atom stereocenters. The third-order valence-electron chi connectivity index (χ3n) is 2.53. The third kappa shape index (κ3) is 6.54. The smallest absolute Gasteiger partial charge is 0.303 e. The molecule has 7 heteroatoms. The summed E-state index contributed by atoms with van der Waals surface area (Å²) in [5.41, 5.74) is 0. The van der Waals surface area contributed by atoms with E-state index in [1.54, 1.807) is 13.8 Å². The lowest BCUT2D eigenvalue weighted by Crippen LogP contribution is -2.29. The monoisotopic (exact) mass is 269 g/mol. The normalized spacial score (nSPS) is 12.1. The highest BCUT2D eigenvalue weighted by molar-refractivity contribution is 5.75. The van der Waals surface area contributed by atoms with E-state index in [4.69, 9.17) is 9.63 Å². The molecule has 0 spiro atoms. The first kappa shape index (κ1) is 15.1. The fourth-order valence-electron chi connectivity index (χ4n) is 1.59. The molecule has 0 fully saturated rings. The Labute approximate surface area is 111 Å². The predicted molar refractivity (Wildman–Crippen MR) is 66.4 cm³/mol. The SMILES string of the molecule is Cc1noc(CCCC(=O)NCC(C)CC(=O)O)n1. The van der Waals surface area contributed by atoms with Gasteiger partial charge < -0.3 is 14.9 Å². The number of aromatic nitrogens is 2. The summed E-state index contributed by atoms with van der Waals surface area (Å²) in [6.45, 7) is 3.91. The Morgan fingerprint density at radius 3 is 2.79 bits per heavy atom. The van der Waals surface area contributed by atoms with Gasteiger partial charge in [-0.15, -0.1) is 0 Å². The number of aryl methyl sites for hydroxylation is 2. The number of hydrogen-bond acceptors (Lipinski definition) is 5. The molecule has 1 rings (SSSR count). The van der Waals surface area contributed by atoms with Gasteiger partial charge in [0.05, 0.1) is 0 Å². The van der Waals surface area contributed by atoms with Gasteiger partial charge in [0.25, 0.3) is 0 Å². The first-order valence-corrected chi connectivity index (χ1v) is 6.25. The number of carbonyl (C=O) groups is 2. The van der Waals surface area contributed by atoms with Gasteiger partial charge in [0.15, 0.2) is 5.82 Å². The van der Waals surface area contributed by atoms with Crippen LogP contribution >= 0.6 is 0 Å². The minimum absolute atomic E-state index is 0.0571. The minimum atomic E-state index is -0.853. The molecule has 1 amide bonds. The van der Waals surface area contributed by atoms with Crippen molar-refractivity contribution in [1.82, 2.24) is 15.5 Å². The Morgan fingerprint density at radius 1 is 1.47 bits per heavy atom. The molecule has 0 aliphatic carbocycles. The summed E-state index contributed by atoms with van der Waals surface area (Å²) in [5, 5.41) is 15.0. The zero-order valence-corrected chi connectivity index (χ0v) is 11.2. The number of amides is 1. The van der Waals surface area contributed by atoms with Crippen molar-refractivity contribution in [3.63, 3.8) is 0 Å². The van der Waals surface area contributed by atoms with Crippen LogP contribution < -0.4 is 5.32 Å². The van der Waals surface area contributed by atoms with Crippen LogP contribution in [0.1, 0.15) is 37.9 Å². The number of carbonyl (C=O) groups excluding carboxylic acids is 1. The van der Waals surface area contributed by atoms with Crippen molar-refractivity contribution in [2.24, 2.45) is 5.92 Å². The highest BCUT2D eigenvalue weighted by Gasteiger charge is 2.10. The number of carboxylic acid groups (broad SMARTS) is 1. The van der Waals surface area contributed by atoms with Gasteiger partial charge in [-0.3, -0.25) is 9.59 Å². The molecule has 1 heterocycles. The second kappa shape index (κ2) is 7.50. The van der Waals surface area contributed by atoms with Gasteiger partial charge in [-0.2, -0.15) is 4.98 Å². The zero-order valence-electron chi connectivity index (χ0n) is 11.2. The topological polar surface area (TPSA) is 105 Å². The van der Waals surface area contributed by atoms with Crippen LogP contribution in [0.3, 0.4) is 0 Å². The highest BCUT2D eigenvalue weighted by atomic mass is 16.5. The Morgan fingerprint density at radius 2 is 2.21 bits per heavy atom. The molecule has 19 heavy (non-hydrogen) atoms. The molecule has 1 atom stereocenters. The Bertz CT molecular complexity index is 430. The lowest BCUT2D eigenvalue weighted by atomic mass is 10.1. The van der Waals surface area contributed by atoms with Gasteiger partial charge in [-0.05, 0) is 19.3 Å². The second-order valence-electron chi connectivity index (χ2n) is 4.60. The third-order valence-corrected chi connectivity index (χ3v) is 2.53. The van der Waals surface area contributed by atoms with Gasteiger partial charge in [-0.25, -0.2) is 0 Å². The molecule has 0 aliphatic rings. The van der Waals surface area contributed by atoms with E-state index < -0.39 is 5.97 Å². The number of aliphatic carboxylic acids is 1. The number of nitrogens with one attached hydrogen (secondary N) is 1. The standard InChI is InChI=1S/C12H19N3O4/c1-8(6-12(17)18)7-13-10(16)4-3-5-11-14-9(2)15-19-11/h8H,3-7H2,1-2H3,(H,13,16)(H,17,18). The molecule has 0 aliphatic heterocycles. The quantitative estimate of drug-likeness (QED) is 0.727. The lowest BCUT2D eigenvalue weighted by molar-refractivity contribution is -0.138. The first-order valence-electron chi connectivity index (χ1n) is 6.25. The van der Waals surface area contributed by atoms with Crippen LogP contribution in [0, 0.1) is 12.8 Å². The van der Waals surface area contributed by atoms with E-state index in [2.05, 4.69) is 15.5 Å². The van der Waals surface area contributed by atoms with Crippen LogP contribution in [-0.4, -0.2) is 33.7 Å². The summed E-state index contributed by atoms with van der Waals surface area (Å²) in [6.07, 6.45) is 1.61. The van der Waals surface area contributed by atoms with Crippen molar-refractivity contribution in [3.05, 3.63) is 11.7 Å². The Hall–Kier alpha value is -1.92. The van der Waals surface area contributed by atoms with Crippen molar-refractivity contribution in [2.75, 3.05) is 6.54 Å². The molecule has 0 bridgehead atoms. The van der Waals surface area contributed by atoms with Crippen LogP contribution in [0.2, 0.25) is 0 Å². The van der Waals surface area contributed by atoms with E-state index in [0.717, 1.165) is 0 Å². The van der Waals surface area contributed by atoms with E-state index in [-0.39, 0.29) is 18.2 Å². The summed E-state index contributed by atoms with van der Waals surface area (Å²) >= 11 is 0. The van der Waals surface area contributed by atoms with E-state index in [1.807, 2.05) is 0 Å². The average molecular weight is 269 g/mol. The summed E-state index contributed by atoms with van der Waals surface area (Å²) in [4.78, 5) is 26.0. The summed E-state index contributed by atoms with van der Waals surface area (Å²) in [6, 6.07) is 0. The molecule has 1 aromatic rings. The molecule has 2 N–H and O–H groups in total. The number of carboxylic acids is 1. The minimum Gasteiger partial charge on any atom is -0.481 e. The lowest BCUT2D eigenvalue weighted by Gasteiger charge is -2.09. The summed E-state index contributed by atoms with van der Waals surface area (Å²) in [5.74, 6) is 0.105. The number of rotatable bonds is 8. The first-order chi connectivity index (χ1) is 8.97. The highest BCUT2D eigenvalue weighted by Crippen LogP contribution is 2.03. The van der Waals surface area contributed by atoms with Gasteiger partial charge in [0, 0.05) is 25.8 Å². The van der Waals surface area contributed by atoms with Crippen LogP contribution in [0.15, 0.2) is 4.52 Å². The largest absolute Gasteiger partial charge is 0.481 e. The second-order valence-corrected chi connectivity index (χ2v) is 4.60. The predicted octanol–water partition coefficient (Wildman–Crippen LogP) is 0.928. The van der Waals surface area contributed by atoms with Gasteiger partial charge in [0.2, 0.25) is 11.8 Å². The summed E-state index contributed by atoms with van der Waals surface area (Å²) in [7, 11) is 0. The number of hydrogen-bond donors (Lipinski definition) is 2. The van der Waals surface area contributed by atoms with Crippen LogP contribution in [0.4, 0.5) is 0 Å². The molecule has 1 aromatic heterocycles. The zero-order chi connectivity index (χ0) is 14.3. The molecule has 0 radical (unpaired) electrons. The molecular weight excluding hydrogens is 250 g/mol. The molecular formula is C12H19N3O4. The van der Waals surface area contributed by atoms with E-state index in [1.165, 1.54) is 0 Å². The fraction of sp³-hybridized carbons (Fsp3) is 0.667.